The van der Waals surface area contributed by atoms with Crippen LogP contribution in [0.3, 0.4) is 0 Å². The molecule has 0 aliphatic carbocycles. The number of benzene rings is 2. The fourth-order valence-corrected chi connectivity index (χ4v) is 2.72. The number of aryl methyl sites for hydroxylation is 1. The largest absolute Gasteiger partial charge is 0.504 e. The number of methoxy groups -OCH3 is 2. The Morgan fingerprint density at radius 3 is 2.22 bits per heavy atom. The molecule has 0 fully saturated rings. The van der Waals surface area contributed by atoms with E-state index in [0.29, 0.717) is 29.9 Å². The highest BCUT2D eigenvalue weighted by molar-refractivity contribution is 5.44. The zero-order valence-corrected chi connectivity index (χ0v) is 15.5. The first-order chi connectivity index (χ1) is 13.0. The molecule has 0 bridgehead atoms. The number of phenols is 1. The van der Waals surface area contributed by atoms with Crippen molar-refractivity contribution in [3.8, 4) is 23.0 Å². The minimum atomic E-state index is -1.18. The average Bonchev–Trinajstić information content (AvgIpc) is 2.70. The Hall–Kier alpha value is -2.48. The monoisotopic (exact) mass is 378 g/mol. The molecule has 0 heterocycles. The Balaban J connectivity index is 2.19. The molecule has 2 rings (SSSR count). The Morgan fingerprint density at radius 2 is 1.63 bits per heavy atom. The molecule has 2 aromatic carbocycles. The van der Waals surface area contributed by atoms with Gasteiger partial charge in [0.25, 0.3) is 0 Å². The molecular weight excluding hydrogens is 352 g/mol. The van der Waals surface area contributed by atoms with Crippen LogP contribution in [-0.2, 0) is 6.42 Å². The summed E-state index contributed by atoms with van der Waals surface area (Å²) in [4.78, 5) is 0. The van der Waals surface area contributed by atoms with Crippen LogP contribution in [0, 0.1) is 0 Å². The lowest BCUT2D eigenvalue weighted by molar-refractivity contribution is -0.000529. The van der Waals surface area contributed by atoms with E-state index < -0.39 is 18.8 Å². The maximum Gasteiger partial charge on any atom is 0.161 e. The van der Waals surface area contributed by atoms with Crippen LogP contribution < -0.4 is 14.2 Å². The normalized spacial score (nSPS) is 13.1. The average molecular weight is 378 g/mol. The Kier molecular flexibility index (Phi) is 7.72. The van der Waals surface area contributed by atoms with Gasteiger partial charge in [-0.1, -0.05) is 12.1 Å². The van der Waals surface area contributed by atoms with Crippen LogP contribution in [-0.4, -0.2) is 54.0 Å². The van der Waals surface area contributed by atoms with Crippen molar-refractivity contribution >= 4 is 0 Å². The quantitative estimate of drug-likeness (QED) is 0.499. The Morgan fingerprint density at radius 1 is 0.926 bits per heavy atom. The molecule has 4 N–H and O–H groups in total. The molecule has 2 aromatic rings. The number of aromatic hydroxyl groups is 1. The molecule has 0 aromatic heterocycles. The molecule has 2 atom stereocenters. The minimum absolute atomic E-state index is 0.105. The molecule has 0 aliphatic rings. The van der Waals surface area contributed by atoms with Gasteiger partial charge < -0.3 is 34.6 Å². The van der Waals surface area contributed by atoms with E-state index in [1.807, 2.05) is 6.07 Å². The second-order valence-electron chi connectivity index (χ2n) is 6.03. The summed E-state index contributed by atoms with van der Waals surface area (Å²) in [6.07, 6.45) is -0.798. The van der Waals surface area contributed by atoms with Crippen molar-refractivity contribution in [2.45, 2.75) is 25.0 Å². The molecule has 0 aliphatic heterocycles. The van der Waals surface area contributed by atoms with Gasteiger partial charge in [-0.15, -0.1) is 0 Å². The lowest BCUT2D eigenvalue weighted by Gasteiger charge is -2.24. The third kappa shape index (κ3) is 5.26. The smallest absolute Gasteiger partial charge is 0.161 e. The highest BCUT2D eigenvalue weighted by Gasteiger charge is 2.24. The van der Waals surface area contributed by atoms with E-state index in [0.717, 1.165) is 5.56 Å². The highest BCUT2D eigenvalue weighted by atomic mass is 16.5. The number of aliphatic hydroxyl groups excluding tert-OH is 3. The van der Waals surface area contributed by atoms with Gasteiger partial charge in [-0.2, -0.15) is 0 Å². The van der Waals surface area contributed by atoms with Crippen molar-refractivity contribution in [3.63, 3.8) is 0 Å². The molecule has 7 nitrogen and oxygen atoms in total. The van der Waals surface area contributed by atoms with E-state index in [1.54, 1.807) is 18.2 Å². The van der Waals surface area contributed by atoms with Crippen LogP contribution in [0.25, 0.3) is 0 Å². The number of rotatable bonds is 10. The van der Waals surface area contributed by atoms with Crippen LogP contribution in [0.2, 0.25) is 0 Å². The molecule has 0 unspecified atom stereocenters. The van der Waals surface area contributed by atoms with Gasteiger partial charge in [0.2, 0.25) is 0 Å². The Bertz CT molecular complexity index is 732. The molecule has 0 spiro atoms. The fraction of sp³-hybridized carbons (Fsp3) is 0.400. The first-order valence-corrected chi connectivity index (χ1v) is 8.64. The molecule has 0 saturated heterocycles. The van der Waals surface area contributed by atoms with Crippen LogP contribution in [0.15, 0.2) is 36.4 Å². The highest BCUT2D eigenvalue weighted by Crippen LogP contribution is 2.34. The van der Waals surface area contributed by atoms with Crippen LogP contribution >= 0.6 is 0 Å². The lowest BCUT2D eigenvalue weighted by atomic mass is 10.0. The van der Waals surface area contributed by atoms with E-state index in [1.165, 1.54) is 26.4 Å². The Labute approximate surface area is 158 Å². The lowest BCUT2D eigenvalue weighted by Crippen LogP contribution is -2.29. The van der Waals surface area contributed by atoms with E-state index in [4.69, 9.17) is 19.3 Å². The summed E-state index contributed by atoms with van der Waals surface area (Å²) in [5, 5.41) is 39.1. The predicted molar refractivity (Wildman–Crippen MR) is 99.5 cm³/mol. The molecule has 148 valence electrons. The summed E-state index contributed by atoms with van der Waals surface area (Å²) in [7, 11) is 2.94. The van der Waals surface area contributed by atoms with Crippen LogP contribution in [0.4, 0.5) is 0 Å². The van der Waals surface area contributed by atoms with Gasteiger partial charge in [0.15, 0.2) is 29.1 Å². The molecule has 0 saturated carbocycles. The summed E-state index contributed by atoms with van der Waals surface area (Å²) >= 11 is 0. The third-order valence-electron chi connectivity index (χ3n) is 4.21. The maximum absolute atomic E-state index is 10.6. The number of hydrogen-bond donors (Lipinski definition) is 4. The zero-order chi connectivity index (χ0) is 19.8. The van der Waals surface area contributed by atoms with Gasteiger partial charge in [-0.05, 0) is 48.2 Å². The number of aliphatic hydroxyl groups is 3. The third-order valence-corrected chi connectivity index (χ3v) is 4.21. The maximum atomic E-state index is 10.6. The van der Waals surface area contributed by atoms with Crippen molar-refractivity contribution in [1.82, 2.24) is 0 Å². The van der Waals surface area contributed by atoms with E-state index in [-0.39, 0.29) is 18.1 Å². The van der Waals surface area contributed by atoms with Gasteiger partial charge >= 0.3 is 0 Å². The topological polar surface area (TPSA) is 109 Å². The number of phenolic OH excluding ortho intramolecular Hbond substituents is 1. The minimum Gasteiger partial charge on any atom is -0.504 e. The molecular formula is C20H26O7. The SMILES string of the molecule is COc1ccc([C@H](O)[C@@H](CO)Oc2ccc(CCCO)cc2OC)cc1O. The number of hydrogen-bond acceptors (Lipinski definition) is 7. The van der Waals surface area contributed by atoms with Crippen molar-refractivity contribution in [2.75, 3.05) is 27.4 Å². The summed E-state index contributed by atoms with van der Waals surface area (Å²) in [5.74, 6) is 1.01. The van der Waals surface area contributed by atoms with Gasteiger partial charge in [0.05, 0.1) is 20.8 Å². The molecule has 0 amide bonds. The summed E-state index contributed by atoms with van der Waals surface area (Å²) in [6, 6.07) is 9.82. The van der Waals surface area contributed by atoms with Gasteiger partial charge in [-0.25, -0.2) is 0 Å². The first-order valence-electron chi connectivity index (χ1n) is 8.64. The van der Waals surface area contributed by atoms with Gasteiger partial charge in [0, 0.05) is 6.61 Å². The summed E-state index contributed by atoms with van der Waals surface area (Å²) in [5.41, 5.74) is 1.36. The standard InChI is InChI=1S/C20H26O7/c1-25-16-8-6-14(11-15(16)23)20(24)19(12-22)27-17-7-5-13(4-3-9-21)10-18(17)26-2/h5-8,10-11,19-24H,3-4,9,12H2,1-2H3/t19-,20+/m1/s1. The molecule has 0 radical (unpaired) electrons. The van der Waals surface area contributed by atoms with E-state index in [9.17, 15) is 15.3 Å². The van der Waals surface area contributed by atoms with Crippen molar-refractivity contribution in [2.24, 2.45) is 0 Å². The van der Waals surface area contributed by atoms with Crippen LogP contribution in [0.5, 0.6) is 23.0 Å². The van der Waals surface area contributed by atoms with Gasteiger partial charge in [-0.3, -0.25) is 0 Å². The van der Waals surface area contributed by atoms with E-state index >= 15 is 0 Å². The molecule has 7 heteroatoms. The van der Waals surface area contributed by atoms with E-state index in [2.05, 4.69) is 0 Å². The summed E-state index contributed by atoms with van der Waals surface area (Å²) in [6.45, 7) is -0.336. The predicted octanol–water partition coefficient (Wildman–Crippen LogP) is 1.81. The molecule has 27 heavy (non-hydrogen) atoms. The van der Waals surface area contributed by atoms with Crippen LogP contribution in [0.1, 0.15) is 23.7 Å². The fourth-order valence-electron chi connectivity index (χ4n) is 2.72. The van der Waals surface area contributed by atoms with Crippen molar-refractivity contribution in [3.05, 3.63) is 47.5 Å². The second-order valence-corrected chi connectivity index (χ2v) is 6.03. The first kappa shape index (κ1) is 20.8. The van der Waals surface area contributed by atoms with Crippen molar-refractivity contribution in [1.29, 1.82) is 0 Å². The number of ether oxygens (including phenoxy) is 3. The zero-order valence-electron chi connectivity index (χ0n) is 15.5. The summed E-state index contributed by atoms with van der Waals surface area (Å²) < 4.78 is 16.1. The van der Waals surface area contributed by atoms with Gasteiger partial charge in [0.1, 0.15) is 6.10 Å². The van der Waals surface area contributed by atoms with Crippen molar-refractivity contribution < 1.29 is 34.6 Å². The second kappa shape index (κ2) is 10.0.